The highest BCUT2D eigenvalue weighted by Crippen LogP contribution is 2.73. The van der Waals surface area contributed by atoms with Crippen molar-refractivity contribution < 1.29 is 33.4 Å². The number of allylic oxidation sites excluding steroid dienone is 2. The summed E-state index contributed by atoms with van der Waals surface area (Å²) >= 11 is 0. The standard InChI is InChI=1S/C27H38O7/c1-10-13(3)24(30)33-22-21(32-16(6)28)23(34-25(31)14(4)11-2)27(9)18-15(5)12-17(29)19(27)20(18)26(22,7)8/h10-11,15,18-23H,12H2,1-9H3. The zero-order valence-corrected chi connectivity index (χ0v) is 21.8. The number of ketones is 1. The zero-order valence-electron chi connectivity index (χ0n) is 21.8. The van der Waals surface area contributed by atoms with Crippen LogP contribution in [0.1, 0.15) is 68.7 Å². The molecule has 0 aliphatic heterocycles. The highest BCUT2D eigenvalue weighted by Gasteiger charge is 2.78. The molecule has 0 spiro atoms. The number of hydrogen-bond acceptors (Lipinski definition) is 7. The summed E-state index contributed by atoms with van der Waals surface area (Å²) in [7, 11) is 0. The van der Waals surface area contributed by atoms with Gasteiger partial charge in [0, 0.05) is 41.2 Å². The van der Waals surface area contributed by atoms with E-state index in [2.05, 4.69) is 0 Å². The maximum atomic E-state index is 13.4. The lowest BCUT2D eigenvalue weighted by molar-refractivity contribution is -0.242. The number of hydrogen-bond donors (Lipinski definition) is 0. The fraction of sp³-hybridized carbons (Fsp3) is 0.704. The third-order valence-electron chi connectivity index (χ3n) is 8.70. The van der Waals surface area contributed by atoms with E-state index in [1.807, 2.05) is 27.7 Å². The number of rotatable bonds is 5. The Bertz CT molecular complexity index is 958. The fourth-order valence-corrected chi connectivity index (χ4v) is 6.92. The van der Waals surface area contributed by atoms with Gasteiger partial charge in [0.05, 0.1) is 0 Å². The molecule has 7 heteroatoms. The molecule has 0 aromatic heterocycles. The molecule has 0 radical (unpaired) electrons. The van der Waals surface area contributed by atoms with Crippen molar-refractivity contribution >= 4 is 23.7 Å². The molecule has 34 heavy (non-hydrogen) atoms. The lowest BCUT2D eigenvalue weighted by Crippen LogP contribution is -2.71. The van der Waals surface area contributed by atoms with E-state index in [-0.39, 0.29) is 29.5 Å². The Labute approximate surface area is 202 Å². The van der Waals surface area contributed by atoms with E-state index in [4.69, 9.17) is 14.2 Å². The first-order valence-corrected chi connectivity index (χ1v) is 12.1. The third kappa shape index (κ3) is 3.81. The van der Waals surface area contributed by atoms with Crippen molar-refractivity contribution in [2.75, 3.05) is 0 Å². The Morgan fingerprint density at radius 2 is 1.35 bits per heavy atom. The first-order valence-electron chi connectivity index (χ1n) is 12.1. The molecular weight excluding hydrogens is 436 g/mol. The molecule has 0 heterocycles. The number of fused-ring (bicyclic) bond motifs is 3. The van der Waals surface area contributed by atoms with Crippen molar-refractivity contribution in [3.8, 4) is 0 Å². The minimum Gasteiger partial charge on any atom is -0.455 e. The van der Waals surface area contributed by atoms with Crippen molar-refractivity contribution in [2.45, 2.75) is 87.0 Å². The predicted molar refractivity (Wildman–Crippen MR) is 125 cm³/mol. The number of esters is 3. The molecule has 0 amide bonds. The van der Waals surface area contributed by atoms with Gasteiger partial charge in [-0.2, -0.15) is 0 Å². The molecule has 7 nitrogen and oxygen atoms in total. The van der Waals surface area contributed by atoms with E-state index in [0.717, 1.165) is 0 Å². The molecule has 0 aromatic carbocycles. The van der Waals surface area contributed by atoms with E-state index in [9.17, 15) is 19.2 Å². The normalized spacial score (nSPS) is 38.9. The minimum atomic E-state index is -1.05. The van der Waals surface area contributed by atoms with Crippen LogP contribution in [0.5, 0.6) is 0 Å². The average molecular weight is 475 g/mol. The summed E-state index contributed by atoms with van der Waals surface area (Å²) < 4.78 is 17.9. The molecule has 4 fully saturated rings. The van der Waals surface area contributed by atoms with Gasteiger partial charge in [-0.1, -0.05) is 39.8 Å². The van der Waals surface area contributed by atoms with Gasteiger partial charge in [0.1, 0.15) is 18.0 Å². The molecule has 4 saturated carbocycles. The largest absolute Gasteiger partial charge is 0.455 e. The SMILES string of the molecule is CC=C(C)C(=O)OC1C(OC(C)=O)C(OC(=O)C(C)=CC)C2(C)C3C(=O)CC(C)C2C3C1(C)C. The second kappa shape index (κ2) is 8.97. The first kappa shape index (κ1) is 26.2. The topological polar surface area (TPSA) is 96.0 Å². The van der Waals surface area contributed by atoms with E-state index < -0.39 is 47.0 Å². The van der Waals surface area contributed by atoms with Gasteiger partial charge in [0.15, 0.2) is 6.10 Å². The van der Waals surface area contributed by atoms with Crippen molar-refractivity contribution in [3.63, 3.8) is 0 Å². The van der Waals surface area contributed by atoms with E-state index in [1.165, 1.54) is 6.92 Å². The summed E-state index contributed by atoms with van der Waals surface area (Å²) in [6.45, 7) is 16.0. The highest BCUT2D eigenvalue weighted by molar-refractivity contribution is 5.89. The predicted octanol–water partition coefficient (Wildman–Crippen LogP) is 4.19. The second-order valence-corrected chi connectivity index (χ2v) is 11.0. The molecule has 0 aromatic rings. The van der Waals surface area contributed by atoms with Gasteiger partial charge in [-0.3, -0.25) is 9.59 Å². The maximum absolute atomic E-state index is 13.4. The van der Waals surface area contributed by atoms with Gasteiger partial charge in [-0.15, -0.1) is 0 Å². The van der Waals surface area contributed by atoms with Crippen LogP contribution in [-0.2, 0) is 33.4 Å². The van der Waals surface area contributed by atoms with Crippen molar-refractivity contribution in [2.24, 2.45) is 34.5 Å². The molecule has 4 aliphatic rings. The summed E-state index contributed by atoms with van der Waals surface area (Å²) in [5, 5.41) is 0. The van der Waals surface area contributed by atoms with Gasteiger partial charge in [0.25, 0.3) is 0 Å². The Kier molecular flexibility index (Phi) is 6.90. The number of ether oxygens (including phenoxy) is 3. The summed E-state index contributed by atoms with van der Waals surface area (Å²) in [4.78, 5) is 51.5. The van der Waals surface area contributed by atoms with Gasteiger partial charge in [0.2, 0.25) is 0 Å². The van der Waals surface area contributed by atoms with Crippen molar-refractivity contribution in [1.82, 2.24) is 0 Å². The molecule has 8 atom stereocenters. The number of carbonyl (C=O) groups is 4. The first-order chi connectivity index (χ1) is 15.7. The monoisotopic (exact) mass is 474 g/mol. The summed E-state index contributed by atoms with van der Waals surface area (Å²) in [6, 6.07) is 0. The van der Waals surface area contributed by atoms with Crippen LogP contribution in [0.25, 0.3) is 0 Å². The molecule has 8 unspecified atom stereocenters. The summed E-state index contributed by atoms with van der Waals surface area (Å²) in [5.41, 5.74) is -0.618. The van der Waals surface area contributed by atoms with Crippen LogP contribution in [0.4, 0.5) is 0 Å². The lowest BCUT2D eigenvalue weighted by atomic mass is 9.35. The van der Waals surface area contributed by atoms with Gasteiger partial charge >= 0.3 is 17.9 Å². The molecular formula is C27H38O7. The Morgan fingerprint density at radius 1 is 0.853 bits per heavy atom. The highest BCUT2D eigenvalue weighted by atomic mass is 16.6. The quantitative estimate of drug-likeness (QED) is 0.335. The Balaban J connectivity index is 2.22. The van der Waals surface area contributed by atoms with Gasteiger partial charge < -0.3 is 14.2 Å². The molecule has 4 rings (SSSR count). The minimum absolute atomic E-state index is 0.0403. The van der Waals surface area contributed by atoms with Crippen LogP contribution in [0.2, 0.25) is 0 Å². The van der Waals surface area contributed by atoms with E-state index in [1.54, 1.807) is 39.8 Å². The van der Waals surface area contributed by atoms with Crippen LogP contribution < -0.4 is 0 Å². The molecule has 4 aliphatic carbocycles. The van der Waals surface area contributed by atoms with Crippen LogP contribution in [-0.4, -0.2) is 42.0 Å². The van der Waals surface area contributed by atoms with Crippen LogP contribution in [0.3, 0.4) is 0 Å². The summed E-state index contributed by atoms with van der Waals surface area (Å²) in [5.74, 6) is -1.89. The Morgan fingerprint density at radius 3 is 1.79 bits per heavy atom. The lowest BCUT2D eigenvalue weighted by Gasteiger charge is -2.68. The molecule has 0 N–H and O–H groups in total. The van der Waals surface area contributed by atoms with E-state index in [0.29, 0.717) is 17.6 Å². The van der Waals surface area contributed by atoms with Gasteiger partial charge in [-0.05, 0) is 45.4 Å². The van der Waals surface area contributed by atoms with Crippen LogP contribution >= 0.6 is 0 Å². The van der Waals surface area contributed by atoms with Crippen molar-refractivity contribution in [3.05, 3.63) is 23.3 Å². The number of Topliss-reactive ketones (excluding diaryl/α,β-unsaturated/α-hetero) is 1. The zero-order chi connectivity index (χ0) is 25.7. The molecule has 4 bridgehead atoms. The van der Waals surface area contributed by atoms with Crippen LogP contribution in [0, 0.1) is 34.5 Å². The van der Waals surface area contributed by atoms with E-state index >= 15 is 0 Å². The Hall–Kier alpha value is -2.44. The number of carbonyl (C=O) groups excluding carboxylic acids is 4. The average Bonchev–Trinajstić information content (AvgIpc) is 2.83. The summed E-state index contributed by atoms with van der Waals surface area (Å²) in [6.07, 6.45) is 0.878. The third-order valence-corrected chi connectivity index (χ3v) is 8.70. The second-order valence-electron chi connectivity index (χ2n) is 11.0. The molecule has 0 saturated heterocycles. The smallest absolute Gasteiger partial charge is 0.333 e. The van der Waals surface area contributed by atoms with Crippen LogP contribution in [0.15, 0.2) is 23.3 Å². The fourth-order valence-electron chi connectivity index (χ4n) is 6.92. The van der Waals surface area contributed by atoms with Gasteiger partial charge in [-0.25, -0.2) is 9.59 Å². The molecule has 188 valence electrons. The maximum Gasteiger partial charge on any atom is 0.333 e. The van der Waals surface area contributed by atoms with Crippen molar-refractivity contribution in [1.29, 1.82) is 0 Å².